The van der Waals surface area contributed by atoms with Gasteiger partial charge in [-0.15, -0.1) is 0 Å². The second-order valence-electron chi connectivity index (χ2n) is 3.81. The molecular formula is C14H11ClO4. The molecule has 0 aliphatic rings. The second-order valence-corrected chi connectivity index (χ2v) is 4.25. The van der Waals surface area contributed by atoms with Crippen LogP contribution in [-0.2, 0) is 6.61 Å². The van der Waals surface area contributed by atoms with Gasteiger partial charge in [-0.3, -0.25) is 0 Å². The first-order valence-electron chi connectivity index (χ1n) is 5.51. The van der Waals surface area contributed by atoms with Crippen LogP contribution in [0, 0.1) is 0 Å². The maximum absolute atomic E-state index is 11.1. The minimum Gasteiger partial charge on any atom is -0.478 e. The third-order valence-electron chi connectivity index (χ3n) is 2.53. The number of para-hydroxylation sites is 1. The van der Waals surface area contributed by atoms with E-state index in [9.17, 15) is 9.90 Å². The lowest BCUT2D eigenvalue weighted by atomic mass is 10.2. The van der Waals surface area contributed by atoms with E-state index in [1.54, 1.807) is 30.3 Å². The standard InChI is InChI=1S/C14H11ClO4/c15-10-5-6-13(11(7-10)14(17)18)19-12-4-2-1-3-9(12)8-16/h1-7,16H,8H2,(H,17,18). The van der Waals surface area contributed by atoms with E-state index in [4.69, 9.17) is 21.4 Å². The molecule has 0 atom stereocenters. The molecule has 0 aliphatic heterocycles. The van der Waals surface area contributed by atoms with Crippen molar-refractivity contribution in [2.45, 2.75) is 6.61 Å². The maximum atomic E-state index is 11.1. The molecule has 98 valence electrons. The fraction of sp³-hybridized carbons (Fsp3) is 0.0714. The molecule has 0 fully saturated rings. The number of hydrogen-bond acceptors (Lipinski definition) is 3. The lowest BCUT2D eigenvalue weighted by Crippen LogP contribution is -2.01. The quantitative estimate of drug-likeness (QED) is 0.900. The van der Waals surface area contributed by atoms with Crippen LogP contribution < -0.4 is 4.74 Å². The maximum Gasteiger partial charge on any atom is 0.339 e. The summed E-state index contributed by atoms with van der Waals surface area (Å²) >= 11 is 5.76. The van der Waals surface area contributed by atoms with Crippen molar-refractivity contribution in [2.75, 3.05) is 0 Å². The van der Waals surface area contributed by atoms with Gasteiger partial charge in [0, 0.05) is 10.6 Å². The SMILES string of the molecule is O=C(O)c1cc(Cl)ccc1Oc1ccccc1CO. The Kier molecular flexibility index (Phi) is 4.04. The summed E-state index contributed by atoms with van der Waals surface area (Å²) in [4.78, 5) is 11.1. The number of benzene rings is 2. The van der Waals surface area contributed by atoms with E-state index in [2.05, 4.69) is 0 Å². The third kappa shape index (κ3) is 3.05. The smallest absolute Gasteiger partial charge is 0.339 e. The van der Waals surface area contributed by atoms with Gasteiger partial charge in [-0.1, -0.05) is 29.8 Å². The molecule has 0 aliphatic carbocycles. The predicted octanol–water partition coefficient (Wildman–Crippen LogP) is 3.32. The van der Waals surface area contributed by atoms with E-state index < -0.39 is 5.97 Å². The number of carbonyl (C=O) groups is 1. The highest BCUT2D eigenvalue weighted by molar-refractivity contribution is 6.31. The van der Waals surface area contributed by atoms with Crippen LogP contribution in [0.15, 0.2) is 42.5 Å². The Balaban J connectivity index is 2.41. The summed E-state index contributed by atoms with van der Waals surface area (Å²) in [5.41, 5.74) is 0.550. The summed E-state index contributed by atoms with van der Waals surface area (Å²) in [6.07, 6.45) is 0. The van der Waals surface area contributed by atoms with Crippen LogP contribution >= 0.6 is 11.6 Å². The Morgan fingerprint density at radius 2 is 1.89 bits per heavy atom. The highest BCUT2D eigenvalue weighted by Gasteiger charge is 2.14. The van der Waals surface area contributed by atoms with Crippen molar-refractivity contribution < 1.29 is 19.7 Å². The molecule has 0 unspecified atom stereocenters. The number of ether oxygens (including phenoxy) is 1. The van der Waals surface area contributed by atoms with Crippen molar-refractivity contribution in [2.24, 2.45) is 0 Å². The van der Waals surface area contributed by atoms with Gasteiger partial charge < -0.3 is 14.9 Å². The van der Waals surface area contributed by atoms with Crippen LogP contribution in [-0.4, -0.2) is 16.2 Å². The molecule has 0 bridgehead atoms. The number of aliphatic hydroxyl groups is 1. The molecule has 19 heavy (non-hydrogen) atoms. The van der Waals surface area contributed by atoms with Crippen LogP contribution in [0.5, 0.6) is 11.5 Å². The number of hydrogen-bond donors (Lipinski definition) is 2. The van der Waals surface area contributed by atoms with Crippen molar-refractivity contribution in [3.05, 3.63) is 58.6 Å². The Morgan fingerprint density at radius 1 is 1.16 bits per heavy atom. The first-order valence-corrected chi connectivity index (χ1v) is 5.89. The molecule has 0 heterocycles. The van der Waals surface area contributed by atoms with E-state index in [-0.39, 0.29) is 17.9 Å². The van der Waals surface area contributed by atoms with E-state index >= 15 is 0 Å². The van der Waals surface area contributed by atoms with Crippen LogP contribution in [0.4, 0.5) is 0 Å². The molecule has 0 radical (unpaired) electrons. The van der Waals surface area contributed by atoms with Crippen LogP contribution in [0.2, 0.25) is 5.02 Å². The highest BCUT2D eigenvalue weighted by Crippen LogP contribution is 2.30. The number of rotatable bonds is 4. The molecule has 2 aromatic rings. The predicted molar refractivity (Wildman–Crippen MR) is 70.9 cm³/mol. The average Bonchev–Trinajstić information content (AvgIpc) is 2.41. The first-order chi connectivity index (χ1) is 9.11. The zero-order valence-electron chi connectivity index (χ0n) is 9.84. The van der Waals surface area contributed by atoms with Crippen molar-refractivity contribution >= 4 is 17.6 Å². The average molecular weight is 279 g/mol. The van der Waals surface area contributed by atoms with E-state index in [0.717, 1.165) is 0 Å². The molecule has 4 nitrogen and oxygen atoms in total. The minimum atomic E-state index is -1.13. The Hall–Kier alpha value is -2.04. The molecule has 5 heteroatoms. The molecule has 0 saturated heterocycles. The highest BCUT2D eigenvalue weighted by atomic mass is 35.5. The Labute approximate surface area is 114 Å². The van der Waals surface area contributed by atoms with E-state index in [1.807, 2.05) is 0 Å². The summed E-state index contributed by atoms with van der Waals surface area (Å²) in [5, 5.41) is 18.6. The summed E-state index contributed by atoms with van der Waals surface area (Å²) in [6, 6.07) is 11.2. The largest absolute Gasteiger partial charge is 0.478 e. The molecule has 2 aromatic carbocycles. The molecule has 2 rings (SSSR count). The third-order valence-corrected chi connectivity index (χ3v) is 2.77. The van der Waals surface area contributed by atoms with Crippen molar-refractivity contribution in [1.29, 1.82) is 0 Å². The zero-order chi connectivity index (χ0) is 13.8. The van der Waals surface area contributed by atoms with Gasteiger partial charge in [0.1, 0.15) is 17.1 Å². The Morgan fingerprint density at radius 3 is 2.58 bits per heavy atom. The molecule has 0 aromatic heterocycles. The summed E-state index contributed by atoms with van der Waals surface area (Å²) in [6.45, 7) is -0.188. The van der Waals surface area contributed by atoms with Gasteiger partial charge in [-0.25, -0.2) is 4.79 Å². The zero-order valence-corrected chi connectivity index (χ0v) is 10.6. The van der Waals surface area contributed by atoms with Crippen molar-refractivity contribution in [1.82, 2.24) is 0 Å². The monoisotopic (exact) mass is 278 g/mol. The molecular weight excluding hydrogens is 268 g/mol. The van der Waals surface area contributed by atoms with E-state index in [1.165, 1.54) is 12.1 Å². The fourth-order valence-corrected chi connectivity index (χ4v) is 1.78. The van der Waals surface area contributed by atoms with Crippen LogP contribution in [0.3, 0.4) is 0 Å². The molecule has 0 spiro atoms. The lowest BCUT2D eigenvalue weighted by Gasteiger charge is -2.11. The van der Waals surface area contributed by atoms with Crippen LogP contribution in [0.25, 0.3) is 0 Å². The summed E-state index contributed by atoms with van der Waals surface area (Å²) < 4.78 is 5.55. The summed E-state index contributed by atoms with van der Waals surface area (Å²) in [7, 11) is 0. The van der Waals surface area contributed by atoms with Gasteiger partial charge >= 0.3 is 5.97 Å². The van der Waals surface area contributed by atoms with Gasteiger partial charge in [-0.2, -0.15) is 0 Å². The van der Waals surface area contributed by atoms with E-state index in [0.29, 0.717) is 16.3 Å². The number of aliphatic hydroxyl groups excluding tert-OH is 1. The van der Waals surface area contributed by atoms with Crippen LogP contribution in [0.1, 0.15) is 15.9 Å². The van der Waals surface area contributed by atoms with Gasteiger partial charge in [0.25, 0.3) is 0 Å². The Bertz CT molecular complexity index is 610. The summed E-state index contributed by atoms with van der Waals surface area (Å²) in [5.74, 6) is -0.536. The second kappa shape index (κ2) is 5.73. The minimum absolute atomic E-state index is 0.0276. The molecule has 0 amide bonds. The fourth-order valence-electron chi connectivity index (χ4n) is 1.61. The lowest BCUT2D eigenvalue weighted by molar-refractivity contribution is 0.0694. The van der Waals surface area contributed by atoms with Gasteiger partial charge in [0.2, 0.25) is 0 Å². The van der Waals surface area contributed by atoms with Crippen molar-refractivity contribution in [3.8, 4) is 11.5 Å². The topological polar surface area (TPSA) is 66.8 Å². The van der Waals surface area contributed by atoms with Gasteiger partial charge in [-0.05, 0) is 24.3 Å². The molecule has 0 saturated carbocycles. The first kappa shape index (κ1) is 13.4. The number of halogens is 1. The van der Waals surface area contributed by atoms with Gasteiger partial charge in [0.05, 0.1) is 6.61 Å². The number of aromatic carboxylic acids is 1. The number of carboxylic acid groups (broad SMARTS) is 1. The normalized spacial score (nSPS) is 10.2. The molecule has 2 N–H and O–H groups in total. The number of carboxylic acids is 1. The van der Waals surface area contributed by atoms with Crippen molar-refractivity contribution in [3.63, 3.8) is 0 Å². The van der Waals surface area contributed by atoms with Gasteiger partial charge in [0.15, 0.2) is 0 Å².